The van der Waals surface area contributed by atoms with E-state index < -0.39 is 0 Å². The van der Waals surface area contributed by atoms with E-state index in [2.05, 4.69) is 42.3 Å². The normalized spacial score (nSPS) is 12.5. The number of nitrogens with zero attached hydrogens (tertiary/aromatic N) is 2. The number of hydrogen-bond acceptors (Lipinski definition) is 4. The largest absolute Gasteiger partial charge is 0.488 e. The quantitative estimate of drug-likeness (QED) is 0.416. The SMILES string of the molecule is C[N+](C)(C)CCOc1ccc2sc3ccc(OCC[N+](C)(C)C)cc3c(=O)c2c1. The molecule has 0 aliphatic heterocycles. The van der Waals surface area contributed by atoms with E-state index in [0.717, 1.165) is 43.0 Å². The Balaban J connectivity index is 1.86. The van der Waals surface area contributed by atoms with Crippen molar-refractivity contribution in [3.8, 4) is 11.5 Å². The minimum Gasteiger partial charge on any atom is -0.488 e. The maximum atomic E-state index is 13.1. The van der Waals surface area contributed by atoms with Gasteiger partial charge in [0.1, 0.15) is 37.8 Å². The van der Waals surface area contributed by atoms with E-state index in [4.69, 9.17) is 9.47 Å². The van der Waals surface area contributed by atoms with Gasteiger partial charge in [0, 0.05) is 20.2 Å². The summed E-state index contributed by atoms with van der Waals surface area (Å²) >= 11 is 1.62. The van der Waals surface area contributed by atoms with Crippen molar-refractivity contribution in [2.75, 3.05) is 68.6 Å². The Labute approximate surface area is 176 Å². The Morgan fingerprint density at radius 1 is 0.724 bits per heavy atom. The van der Waals surface area contributed by atoms with Crippen LogP contribution in [0, 0.1) is 0 Å². The summed E-state index contributed by atoms with van der Waals surface area (Å²) in [7, 11) is 12.8. The molecule has 3 rings (SSSR count). The first-order valence-electron chi connectivity index (χ1n) is 9.89. The van der Waals surface area contributed by atoms with Gasteiger partial charge >= 0.3 is 0 Å². The Morgan fingerprint density at radius 3 is 1.52 bits per heavy atom. The highest BCUT2D eigenvalue weighted by Crippen LogP contribution is 2.29. The van der Waals surface area contributed by atoms with Crippen molar-refractivity contribution in [1.29, 1.82) is 0 Å². The van der Waals surface area contributed by atoms with Crippen molar-refractivity contribution in [2.45, 2.75) is 0 Å². The molecule has 0 fully saturated rings. The lowest BCUT2D eigenvalue weighted by molar-refractivity contribution is -0.870. The second-order valence-electron chi connectivity index (χ2n) is 9.47. The number of benzene rings is 2. The molecule has 0 unspecified atom stereocenters. The van der Waals surface area contributed by atoms with E-state index >= 15 is 0 Å². The maximum Gasteiger partial charge on any atom is 0.196 e. The molecule has 0 saturated heterocycles. The van der Waals surface area contributed by atoms with Gasteiger partial charge in [-0.25, -0.2) is 0 Å². The van der Waals surface area contributed by atoms with Crippen LogP contribution in [-0.4, -0.2) is 77.6 Å². The third-order valence-corrected chi connectivity index (χ3v) is 5.82. The maximum absolute atomic E-state index is 13.1. The number of likely N-dealkylation sites (N-methyl/N-ethyl adjacent to an activating group) is 2. The first-order chi connectivity index (χ1) is 13.5. The lowest BCUT2D eigenvalue weighted by Crippen LogP contribution is -2.38. The van der Waals surface area contributed by atoms with Crippen molar-refractivity contribution in [2.24, 2.45) is 0 Å². The van der Waals surface area contributed by atoms with Crippen molar-refractivity contribution in [3.05, 3.63) is 46.6 Å². The molecule has 0 aliphatic carbocycles. The minimum atomic E-state index is 0.0304. The molecule has 3 aromatic rings. The first kappa shape index (κ1) is 21.6. The van der Waals surface area contributed by atoms with Gasteiger partial charge in [0.25, 0.3) is 0 Å². The molecule has 0 radical (unpaired) electrons. The summed E-state index contributed by atoms with van der Waals surface area (Å²) in [6, 6.07) is 11.6. The highest BCUT2D eigenvalue weighted by atomic mass is 32.1. The van der Waals surface area contributed by atoms with Gasteiger partial charge < -0.3 is 18.4 Å². The van der Waals surface area contributed by atoms with Gasteiger partial charge in [0.2, 0.25) is 0 Å². The summed E-state index contributed by atoms with van der Waals surface area (Å²) in [6.45, 7) is 3.03. The van der Waals surface area contributed by atoms with E-state index in [-0.39, 0.29) is 5.43 Å². The molecule has 0 atom stereocenters. The predicted molar refractivity (Wildman–Crippen MR) is 122 cm³/mol. The Bertz CT molecular complexity index is 981. The minimum absolute atomic E-state index is 0.0304. The van der Waals surface area contributed by atoms with Crippen LogP contribution in [-0.2, 0) is 0 Å². The molecule has 1 heterocycles. The van der Waals surface area contributed by atoms with Crippen LogP contribution in [0.5, 0.6) is 11.5 Å². The predicted octanol–water partition coefficient (Wildman–Crippen LogP) is 3.58. The van der Waals surface area contributed by atoms with Crippen LogP contribution >= 0.6 is 11.3 Å². The zero-order chi connectivity index (χ0) is 21.2. The second kappa shape index (κ2) is 8.30. The summed E-state index contributed by atoms with van der Waals surface area (Å²) in [5, 5.41) is 1.41. The van der Waals surface area contributed by atoms with Crippen LogP contribution in [0.15, 0.2) is 41.2 Å². The Hall–Kier alpha value is -2.15. The van der Waals surface area contributed by atoms with E-state index in [0.29, 0.717) is 24.0 Å². The molecule has 0 N–H and O–H groups in total. The second-order valence-corrected chi connectivity index (χ2v) is 10.6. The van der Waals surface area contributed by atoms with Crippen molar-refractivity contribution < 1.29 is 18.4 Å². The Morgan fingerprint density at radius 2 is 1.14 bits per heavy atom. The van der Waals surface area contributed by atoms with Gasteiger partial charge in [-0.3, -0.25) is 4.79 Å². The van der Waals surface area contributed by atoms with Crippen LogP contribution in [0.2, 0.25) is 0 Å². The van der Waals surface area contributed by atoms with Crippen LogP contribution in [0.1, 0.15) is 0 Å². The van der Waals surface area contributed by atoms with Gasteiger partial charge in [-0.15, -0.1) is 11.3 Å². The average molecular weight is 417 g/mol. The topological polar surface area (TPSA) is 35.5 Å². The van der Waals surface area contributed by atoms with Crippen molar-refractivity contribution >= 4 is 31.5 Å². The molecular weight excluding hydrogens is 384 g/mol. The molecule has 5 nitrogen and oxygen atoms in total. The van der Waals surface area contributed by atoms with Crippen LogP contribution in [0.4, 0.5) is 0 Å². The highest BCUT2D eigenvalue weighted by Gasteiger charge is 2.11. The van der Waals surface area contributed by atoms with Crippen LogP contribution in [0.25, 0.3) is 20.2 Å². The molecular formula is C23H32N2O3S+2. The molecule has 29 heavy (non-hydrogen) atoms. The summed E-state index contributed by atoms with van der Waals surface area (Å²) in [4.78, 5) is 13.1. The van der Waals surface area contributed by atoms with E-state index in [1.165, 1.54) is 0 Å². The fourth-order valence-corrected chi connectivity index (χ4v) is 3.90. The van der Waals surface area contributed by atoms with Crippen LogP contribution in [0.3, 0.4) is 0 Å². The number of rotatable bonds is 8. The molecule has 0 amide bonds. The zero-order valence-corrected chi connectivity index (χ0v) is 19.1. The van der Waals surface area contributed by atoms with Gasteiger partial charge in [-0.1, -0.05) is 0 Å². The fourth-order valence-electron chi connectivity index (χ4n) is 2.87. The van der Waals surface area contributed by atoms with E-state index in [1.54, 1.807) is 11.3 Å². The van der Waals surface area contributed by atoms with E-state index in [1.807, 2.05) is 36.4 Å². The third kappa shape index (κ3) is 5.92. The van der Waals surface area contributed by atoms with Crippen molar-refractivity contribution in [1.82, 2.24) is 0 Å². The smallest absolute Gasteiger partial charge is 0.196 e. The standard InChI is InChI=1S/C23H32N2O3S/c1-24(2,3)11-13-27-17-7-9-21-19(15-17)23(26)20-16-18(8-10-22(20)29-21)28-14-12-25(4,5)6/h7-10,15-16H,11-14H2,1-6H3/q+2. The van der Waals surface area contributed by atoms with Gasteiger partial charge in [0.05, 0.1) is 42.3 Å². The van der Waals surface area contributed by atoms with Gasteiger partial charge in [-0.2, -0.15) is 0 Å². The number of ether oxygens (including phenoxy) is 2. The molecule has 0 saturated carbocycles. The summed E-state index contributed by atoms with van der Waals surface area (Å²) in [5.41, 5.74) is 0.0304. The average Bonchev–Trinajstić information content (AvgIpc) is 2.61. The molecule has 0 bridgehead atoms. The lowest BCUT2D eigenvalue weighted by Gasteiger charge is -2.23. The molecule has 1 aromatic heterocycles. The summed E-state index contributed by atoms with van der Waals surface area (Å²) < 4.78 is 15.4. The van der Waals surface area contributed by atoms with Crippen molar-refractivity contribution in [3.63, 3.8) is 0 Å². The molecule has 156 valence electrons. The fraction of sp³-hybridized carbons (Fsp3) is 0.435. The van der Waals surface area contributed by atoms with Crippen LogP contribution < -0.4 is 14.9 Å². The van der Waals surface area contributed by atoms with Gasteiger partial charge in [0.15, 0.2) is 5.43 Å². The van der Waals surface area contributed by atoms with E-state index in [9.17, 15) is 4.79 Å². The molecule has 0 aliphatic rings. The number of hydrogen-bond donors (Lipinski definition) is 0. The van der Waals surface area contributed by atoms with Gasteiger partial charge in [-0.05, 0) is 36.4 Å². The molecule has 6 heteroatoms. The first-order valence-corrected chi connectivity index (χ1v) is 10.7. The molecule has 0 spiro atoms. The summed E-state index contributed by atoms with van der Waals surface area (Å²) in [5.74, 6) is 1.48. The summed E-state index contributed by atoms with van der Waals surface area (Å²) in [6.07, 6.45) is 0. The zero-order valence-electron chi connectivity index (χ0n) is 18.3. The Kier molecular flexibility index (Phi) is 6.17. The monoisotopic (exact) mass is 416 g/mol. The molecule has 2 aromatic carbocycles. The highest BCUT2D eigenvalue weighted by molar-refractivity contribution is 7.24. The lowest BCUT2D eigenvalue weighted by atomic mass is 10.1. The number of fused-ring (bicyclic) bond motifs is 2. The number of quaternary nitrogens is 2. The third-order valence-electron chi connectivity index (χ3n) is 4.67.